The molecule has 7 heteroatoms. The van der Waals surface area contributed by atoms with Crippen LogP contribution in [0.1, 0.15) is 29.2 Å². The smallest absolute Gasteiger partial charge is 0.237 e. The number of thioether (sulfide) groups is 1. The molecule has 1 atom stereocenters. The normalized spacial score (nSPS) is 12.0. The number of anilines is 1. The van der Waals surface area contributed by atoms with Crippen LogP contribution in [-0.2, 0) is 4.79 Å². The van der Waals surface area contributed by atoms with Gasteiger partial charge in [0.2, 0.25) is 11.1 Å². The molecule has 0 spiro atoms. The summed E-state index contributed by atoms with van der Waals surface area (Å²) in [5.41, 5.74) is 6.23. The Morgan fingerprint density at radius 1 is 1.11 bits per heavy atom. The molecule has 1 heterocycles. The van der Waals surface area contributed by atoms with Crippen LogP contribution in [0.3, 0.4) is 0 Å². The largest absolute Gasteiger partial charge is 0.325 e. The summed E-state index contributed by atoms with van der Waals surface area (Å²) in [7, 11) is 0. The van der Waals surface area contributed by atoms with Crippen molar-refractivity contribution < 1.29 is 4.79 Å². The van der Waals surface area contributed by atoms with Crippen LogP contribution in [-0.4, -0.2) is 31.4 Å². The van der Waals surface area contributed by atoms with E-state index in [0.29, 0.717) is 5.16 Å². The Morgan fingerprint density at radius 3 is 2.63 bits per heavy atom. The zero-order valence-electron chi connectivity index (χ0n) is 16.1. The van der Waals surface area contributed by atoms with Crippen molar-refractivity contribution in [1.82, 2.24) is 20.2 Å². The maximum atomic E-state index is 12.6. The number of hydrogen-bond acceptors (Lipinski definition) is 5. The number of aromatic nitrogens is 4. The van der Waals surface area contributed by atoms with Crippen LogP contribution in [0.5, 0.6) is 0 Å². The van der Waals surface area contributed by atoms with E-state index in [9.17, 15) is 4.79 Å². The molecular weight excluding hydrogens is 358 g/mol. The Kier molecular flexibility index (Phi) is 5.60. The third-order valence-electron chi connectivity index (χ3n) is 4.54. The van der Waals surface area contributed by atoms with Gasteiger partial charge in [-0.3, -0.25) is 4.79 Å². The van der Waals surface area contributed by atoms with Crippen molar-refractivity contribution in [3.63, 3.8) is 0 Å². The lowest BCUT2D eigenvalue weighted by atomic mass is 10.1. The molecule has 27 heavy (non-hydrogen) atoms. The number of hydrogen-bond donors (Lipinski definition) is 1. The number of rotatable bonds is 5. The number of amides is 1. The second-order valence-corrected chi connectivity index (χ2v) is 7.97. The van der Waals surface area contributed by atoms with Gasteiger partial charge in [0.05, 0.1) is 10.9 Å². The average Bonchev–Trinajstić information content (AvgIpc) is 3.07. The van der Waals surface area contributed by atoms with E-state index in [0.717, 1.165) is 22.5 Å². The predicted molar refractivity (Wildman–Crippen MR) is 108 cm³/mol. The third-order valence-corrected chi connectivity index (χ3v) is 5.57. The first-order valence-electron chi connectivity index (χ1n) is 8.76. The summed E-state index contributed by atoms with van der Waals surface area (Å²) in [6.07, 6.45) is 0. The summed E-state index contributed by atoms with van der Waals surface area (Å²) < 4.78 is 1.69. The molecule has 1 N–H and O–H groups in total. The first kappa shape index (κ1) is 19.1. The van der Waals surface area contributed by atoms with Gasteiger partial charge in [0, 0.05) is 5.69 Å². The molecule has 0 radical (unpaired) electrons. The van der Waals surface area contributed by atoms with E-state index in [1.807, 2.05) is 52.0 Å². The van der Waals surface area contributed by atoms with Gasteiger partial charge >= 0.3 is 0 Å². The topological polar surface area (TPSA) is 72.7 Å². The molecule has 0 bridgehead atoms. The van der Waals surface area contributed by atoms with Crippen LogP contribution in [0.25, 0.3) is 5.69 Å². The Balaban J connectivity index is 1.77. The number of nitrogens with zero attached hydrogens (tertiary/aromatic N) is 4. The molecule has 0 aliphatic carbocycles. The van der Waals surface area contributed by atoms with Crippen LogP contribution < -0.4 is 5.32 Å². The Labute approximate surface area is 163 Å². The van der Waals surface area contributed by atoms with Crippen molar-refractivity contribution in [2.45, 2.75) is 45.0 Å². The number of carbonyl (C=O) groups is 1. The molecule has 0 aliphatic rings. The van der Waals surface area contributed by atoms with Gasteiger partial charge in [-0.2, -0.15) is 4.68 Å². The van der Waals surface area contributed by atoms with E-state index in [-0.39, 0.29) is 11.2 Å². The number of tetrazole rings is 1. The molecule has 2 aromatic carbocycles. The molecule has 0 aliphatic heterocycles. The maximum absolute atomic E-state index is 12.6. The molecule has 1 amide bonds. The number of benzene rings is 2. The van der Waals surface area contributed by atoms with Gasteiger partial charge < -0.3 is 5.32 Å². The fraction of sp³-hybridized carbons (Fsp3) is 0.300. The Hall–Kier alpha value is -2.67. The zero-order chi connectivity index (χ0) is 19.6. The second kappa shape index (κ2) is 7.92. The van der Waals surface area contributed by atoms with Crippen LogP contribution in [0.4, 0.5) is 5.69 Å². The van der Waals surface area contributed by atoms with Crippen molar-refractivity contribution in [2.75, 3.05) is 5.32 Å². The van der Waals surface area contributed by atoms with Gasteiger partial charge in [-0.05, 0) is 73.9 Å². The molecular formula is C20H23N5OS. The lowest BCUT2D eigenvalue weighted by Crippen LogP contribution is -2.23. The molecule has 6 nitrogen and oxygen atoms in total. The lowest BCUT2D eigenvalue weighted by Gasteiger charge is -2.14. The second-order valence-electron chi connectivity index (χ2n) is 6.66. The van der Waals surface area contributed by atoms with E-state index < -0.39 is 0 Å². The minimum Gasteiger partial charge on any atom is -0.325 e. The summed E-state index contributed by atoms with van der Waals surface area (Å²) in [5.74, 6) is -0.0810. The minimum absolute atomic E-state index is 0.0810. The molecule has 0 saturated heterocycles. The average molecular weight is 382 g/mol. The third kappa shape index (κ3) is 4.19. The summed E-state index contributed by atoms with van der Waals surface area (Å²) in [4.78, 5) is 12.6. The highest BCUT2D eigenvalue weighted by atomic mass is 32.2. The molecule has 140 valence electrons. The highest BCUT2D eigenvalue weighted by Crippen LogP contribution is 2.26. The van der Waals surface area contributed by atoms with Crippen molar-refractivity contribution in [3.8, 4) is 5.69 Å². The summed E-state index contributed by atoms with van der Waals surface area (Å²) in [6, 6.07) is 12.0. The molecule has 0 saturated carbocycles. The van der Waals surface area contributed by atoms with E-state index in [1.54, 1.807) is 4.68 Å². The van der Waals surface area contributed by atoms with Crippen molar-refractivity contribution in [2.24, 2.45) is 0 Å². The summed E-state index contributed by atoms with van der Waals surface area (Å²) in [6.45, 7) is 9.96. The fourth-order valence-corrected chi connectivity index (χ4v) is 3.57. The van der Waals surface area contributed by atoms with E-state index in [1.165, 1.54) is 22.9 Å². The minimum atomic E-state index is -0.347. The molecule has 1 unspecified atom stereocenters. The van der Waals surface area contributed by atoms with Crippen LogP contribution in [0.15, 0.2) is 41.6 Å². The maximum Gasteiger partial charge on any atom is 0.237 e. The van der Waals surface area contributed by atoms with Gasteiger partial charge in [-0.1, -0.05) is 41.6 Å². The highest BCUT2D eigenvalue weighted by molar-refractivity contribution is 8.00. The van der Waals surface area contributed by atoms with Crippen molar-refractivity contribution in [1.29, 1.82) is 0 Å². The van der Waals surface area contributed by atoms with E-state index in [4.69, 9.17) is 0 Å². The summed E-state index contributed by atoms with van der Waals surface area (Å²) >= 11 is 1.34. The van der Waals surface area contributed by atoms with Crippen molar-refractivity contribution in [3.05, 3.63) is 58.7 Å². The van der Waals surface area contributed by atoms with Gasteiger partial charge in [0.1, 0.15) is 0 Å². The Morgan fingerprint density at radius 2 is 1.89 bits per heavy atom. The molecule has 3 rings (SSSR count). The van der Waals surface area contributed by atoms with Gasteiger partial charge in [0.15, 0.2) is 0 Å². The van der Waals surface area contributed by atoms with Gasteiger partial charge in [0.25, 0.3) is 0 Å². The number of nitrogens with one attached hydrogen (secondary N) is 1. The number of carbonyl (C=O) groups excluding carboxylic acids is 1. The van der Waals surface area contributed by atoms with Crippen molar-refractivity contribution >= 4 is 23.4 Å². The lowest BCUT2D eigenvalue weighted by molar-refractivity contribution is -0.115. The first-order chi connectivity index (χ1) is 12.9. The monoisotopic (exact) mass is 381 g/mol. The number of aryl methyl sites for hydroxylation is 3. The van der Waals surface area contributed by atoms with Gasteiger partial charge in [-0.25, -0.2) is 0 Å². The SMILES string of the molecule is Cc1ccc(NC(=O)C(C)Sc2nnnn2-c2cccc(C)c2C)c(C)c1. The van der Waals surface area contributed by atoms with Crippen LogP contribution in [0, 0.1) is 27.7 Å². The van der Waals surface area contributed by atoms with Crippen LogP contribution in [0.2, 0.25) is 0 Å². The fourth-order valence-electron chi connectivity index (χ4n) is 2.77. The molecule has 0 fully saturated rings. The Bertz CT molecular complexity index is 982. The van der Waals surface area contributed by atoms with E-state index in [2.05, 4.69) is 39.9 Å². The first-order valence-corrected chi connectivity index (χ1v) is 9.64. The summed E-state index contributed by atoms with van der Waals surface area (Å²) in [5, 5.41) is 15.3. The highest BCUT2D eigenvalue weighted by Gasteiger charge is 2.20. The van der Waals surface area contributed by atoms with Crippen LogP contribution >= 0.6 is 11.8 Å². The zero-order valence-corrected chi connectivity index (χ0v) is 17.0. The molecule has 3 aromatic rings. The predicted octanol–water partition coefficient (Wildman–Crippen LogP) is 4.02. The quantitative estimate of drug-likeness (QED) is 0.676. The standard InChI is InChI=1S/C20H23N5OS/c1-12-9-10-17(14(3)11-12)21-19(26)16(5)27-20-22-23-24-25(20)18-8-6-7-13(2)15(18)4/h6-11,16H,1-5H3,(H,21,26). The van der Waals surface area contributed by atoms with E-state index >= 15 is 0 Å². The van der Waals surface area contributed by atoms with Gasteiger partial charge in [-0.15, -0.1) is 5.10 Å². The molecule has 1 aromatic heterocycles.